The van der Waals surface area contributed by atoms with Crippen LogP contribution >= 0.6 is 0 Å². The number of hydrogen-bond donors (Lipinski definition) is 0. The zero-order valence-corrected chi connectivity index (χ0v) is 11.7. The van der Waals surface area contributed by atoms with Crippen molar-refractivity contribution in [3.8, 4) is 0 Å². The number of hydrogen-bond acceptors (Lipinski definition) is 0. The molecule has 80 valence electrons. The van der Waals surface area contributed by atoms with E-state index < -0.39 is 0 Å². The monoisotopic (exact) mass is 246 g/mol. The third-order valence-electron chi connectivity index (χ3n) is 2.46. The fourth-order valence-electron chi connectivity index (χ4n) is 1.56. The van der Waals surface area contributed by atoms with Crippen LogP contribution in [0.2, 0.25) is 16.6 Å². The zero-order valence-electron chi connectivity index (χ0n) is 9.81. The topological polar surface area (TPSA) is 0 Å². The van der Waals surface area contributed by atoms with Gasteiger partial charge in [0, 0.05) is 0 Å². The van der Waals surface area contributed by atoms with Gasteiger partial charge < -0.3 is 0 Å². The second-order valence-electron chi connectivity index (χ2n) is 4.28. The molecule has 0 spiro atoms. The number of rotatable bonds is 9. The van der Waals surface area contributed by atoms with E-state index in [1.165, 1.54) is 51.4 Å². The summed E-state index contributed by atoms with van der Waals surface area (Å²) >= 11 is -0.298. The average Bonchev–Trinajstić information content (AvgIpc) is 2.09. The Bertz CT molecular complexity index is 89.1. The summed E-state index contributed by atoms with van der Waals surface area (Å²) in [4.78, 5) is 0. The Labute approximate surface area is 89.8 Å². The molecule has 0 aromatic rings. The van der Waals surface area contributed by atoms with E-state index in [0.717, 1.165) is 0 Å². The first-order chi connectivity index (χ1) is 6.27. The molecule has 0 bridgehead atoms. The van der Waals surface area contributed by atoms with Crippen molar-refractivity contribution in [2.75, 3.05) is 0 Å². The van der Waals surface area contributed by atoms with Crippen LogP contribution in [0.25, 0.3) is 0 Å². The molecule has 0 heterocycles. The second-order valence-corrected chi connectivity index (χ2v) is 9.75. The Morgan fingerprint density at radius 2 is 1.15 bits per heavy atom. The second kappa shape index (κ2) is 10.6. The van der Waals surface area contributed by atoms with Crippen molar-refractivity contribution in [3.63, 3.8) is 0 Å². The molecule has 0 fully saturated rings. The molecule has 0 nitrogen and oxygen atoms in total. The van der Waals surface area contributed by atoms with Gasteiger partial charge in [0.05, 0.1) is 0 Å². The molecule has 0 saturated carbocycles. The summed E-state index contributed by atoms with van der Waals surface area (Å²) in [5.41, 5.74) is 4.93. The van der Waals surface area contributed by atoms with Gasteiger partial charge in [-0.15, -0.1) is 0 Å². The Kier molecular flexibility index (Phi) is 11.1. The van der Waals surface area contributed by atoms with Crippen molar-refractivity contribution in [2.24, 2.45) is 0 Å². The maximum atomic E-state index is 2.47. The van der Waals surface area contributed by atoms with Crippen LogP contribution in [0.1, 0.15) is 58.3 Å². The summed E-state index contributed by atoms with van der Waals surface area (Å²) in [7, 11) is 0. The Morgan fingerprint density at radius 1 is 0.692 bits per heavy atom. The van der Waals surface area contributed by atoms with E-state index in [1.807, 2.05) is 0 Å². The van der Waals surface area contributed by atoms with E-state index in [9.17, 15) is 0 Å². The van der Waals surface area contributed by atoms with Crippen LogP contribution in [0.4, 0.5) is 0 Å². The molecule has 0 aliphatic heterocycles. The van der Waals surface area contributed by atoms with E-state index >= 15 is 0 Å². The van der Waals surface area contributed by atoms with Gasteiger partial charge in [0.2, 0.25) is 0 Å². The van der Waals surface area contributed by atoms with E-state index in [4.69, 9.17) is 0 Å². The Balaban J connectivity index is 2.84. The van der Waals surface area contributed by atoms with Crippen molar-refractivity contribution >= 4 is 14.7 Å². The van der Waals surface area contributed by atoms with E-state index in [-0.39, 0.29) is 14.7 Å². The molecule has 0 aliphatic carbocycles. The SMILES string of the molecule is CCCCCCCCCC[As](C)C. The van der Waals surface area contributed by atoms with Crippen molar-refractivity contribution < 1.29 is 0 Å². The molecule has 13 heavy (non-hydrogen) atoms. The fourth-order valence-corrected chi connectivity index (χ4v) is 3.36. The van der Waals surface area contributed by atoms with Gasteiger partial charge in [0.1, 0.15) is 0 Å². The van der Waals surface area contributed by atoms with Crippen molar-refractivity contribution in [1.29, 1.82) is 0 Å². The molecule has 0 amide bonds. The van der Waals surface area contributed by atoms with Gasteiger partial charge in [-0.05, 0) is 0 Å². The standard InChI is InChI=1S/C12H27As/c1-4-5-6-7-8-9-10-11-12-13(2)3/h4-12H2,1-3H3. The number of unbranched alkanes of at least 4 members (excludes halogenated alkanes) is 7. The average molecular weight is 246 g/mol. The molecule has 0 unspecified atom stereocenters. The third kappa shape index (κ3) is 12.6. The van der Waals surface area contributed by atoms with E-state index in [0.29, 0.717) is 0 Å². The van der Waals surface area contributed by atoms with Crippen LogP contribution in [-0.2, 0) is 0 Å². The van der Waals surface area contributed by atoms with Gasteiger partial charge in [0.25, 0.3) is 0 Å². The summed E-state index contributed by atoms with van der Waals surface area (Å²) in [5, 5.41) is 1.57. The van der Waals surface area contributed by atoms with Gasteiger partial charge >= 0.3 is 89.6 Å². The molecular formula is C12H27As. The molecule has 0 aromatic heterocycles. The van der Waals surface area contributed by atoms with Crippen LogP contribution < -0.4 is 0 Å². The minimum absolute atomic E-state index is 0.298. The minimum atomic E-state index is -0.298. The summed E-state index contributed by atoms with van der Waals surface area (Å²) in [5.74, 6) is 0. The predicted molar refractivity (Wildman–Crippen MR) is 64.9 cm³/mol. The van der Waals surface area contributed by atoms with Gasteiger partial charge in [-0.25, -0.2) is 0 Å². The van der Waals surface area contributed by atoms with Crippen LogP contribution in [0.5, 0.6) is 0 Å². The molecule has 1 heteroatoms. The summed E-state index contributed by atoms with van der Waals surface area (Å²) in [6, 6.07) is 0. The normalized spacial score (nSPS) is 11.1. The van der Waals surface area contributed by atoms with Crippen molar-refractivity contribution in [1.82, 2.24) is 0 Å². The summed E-state index contributed by atoms with van der Waals surface area (Å²) in [6.07, 6.45) is 11.8. The third-order valence-corrected chi connectivity index (χ3v) is 5.00. The van der Waals surface area contributed by atoms with Gasteiger partial charge in [0.15, 0.2) is 0 Å². The predicted octanol–water partition coefficient (Wildman–Crippen LogP) is 4.88. The van der Waals surface area contributed by atoms with Crippen molar-refractivity contribution in [2.45, 2.75) is 74.9 Å². The quantitative estimate of drug-likeness (QED) is 0.401. The zero-order chi connectivity index (χ0) is 9.94. The molecule has 0 saturated heterocycles. The maximum absolute atomic E-state index is 2.47. The molecule has 0 radical (unpaired) electrons. The van der Waals surface area contributed by atoms with Crippen LogP contribution in [0, 0.1) is 0 Å². The Morgan fingerprint density at radius 3 is 1.62 bits per heavy atom. The van der Waals surface area contributed by atoms with Crippen LogP contribution in [0.15, 0.2) is 0 Å². The van der Waals surface area contributed by atoms with Crippen LogP contribution in [0.3, 0.4) is 0 Å². The van der Waals surface area contributed by atoms with Crippen LogP contribution in [-0.4, -0.2) is 14.7 Å². The molecular weight excluding hydrogens is 219 g/mol. The Hall–Kier alpha value is 0.558. The first-order valence-corrected chi connectivity index (χ1v) is 11.0. The molecule has 0 atom stereocenters. The van der Waals surface area contributed by atoms with Gasteiger partial charge in [-0.3, -0.25) is 0 Å². The first-order valence-electron chi connectivity index (χ1n) is 5.92. The molecule has 0 aliphatic rings. The summed E-state index contributed by atoms with van der Waals surface area (Å²) < 4.78 is 0. The fraction of sp³-hybridized carbons (Fsp3) is 1.00. The van der Waals surface area contributed by atoms with E-state index in [1.54, 1.807) is 5.21 Å². The molecule has 0 aromatic carbocycles. The molecule has 0 rings (SSSR count). The van der Waals surface area contributed by atoms with E-state index in [2.05, 4.69) is 18.3 Å². The first kappa shape index (κ1) is 13.6. The van der Waals surface area contributed by atoms with Gasteiger partial charge in [-0.1, -0.05) is 0 Å². The summed E-state index contributed by atoms with van der Waals surface area (Å²) in [6.45, 7) is 2.29. The van der Waals surface area contributed by atoms with Crippen molar-refractivity contribution in [3.05, 3.63) is 0 Å². The molecule has 0 N–H and O–H groups in total. The van der Waals surface area contributed by atoms with Gasteiger partial charge in [-0.2, -0.15) is 0 Å².